The van der Waals surface area contributed by atoms with Gasteiger partial charge in [-0.15, -0.1) is 0 Å². The minimum atomic E-state index is -6.00. The maximum Gasteiger partial charge on any atom is 0.430 e. The SMILES string of the molecule is OC(c1c(/C=C/c2ccc(Cl)cc2)[nH]c2cc(Br)ccc12)(C(F)(F)F)C(F)(F)F. The Balaban J connectivity index is 2.29. The summed E-state index contributed by atoms with van der Waals surface area (Å²) in [7, 11) is 0. The fourth-order valence-electron chi connectivity index (χ4n) is 2.90. The van der Waals surface area contributed by atoms with Gasteiger partial charge in [0.25, 0.3) is 5.60 Å². The molecule has 1 aromatic heterocycles. The molecular weight excluding hydrogens is 488 g/mol. The van der Waals surface area contributed by atoms with Crippen LogP contribution in [0.25, 0.3) is 23.1 Å². The number of fused-ring (bicyclic) bond motifs is 1. The molecule has 0 unspecified atom stereocenters. The summed E-state index contributed by atoms with van der Waals surface area (Å²) < 4.78 is 81.6. The lowest BCUT2D eigenvalue weighted by Gasteiger charge is -2.32. The molecule has 0 aliphatic carbocycles. The number of hydrogen-bond donors (Lipinski definition) is 2. The van der Waals surface area contributed by atoms with Gasteiger partial charge >= 0.3 is 12.4 Å². The molecule has 0 spiro atoms. The van der Waals surface area contributed by atoms with Crippen LogP contribution in [0.1, 0.15) is 16.8 Å². The van der Waals surface area contributed by atoms with Crippen molar-refractivity contribution in [3.63, 3.8) is 0 Å². The smallest absolute Gasteiger partial charge is 0.369 e. The molecule has 1 heterocycles. The second kappa shape index (κ2) is 7.37. The second-order valence-electron chi connectivity index (χ2n) is 6.19. The van der Waals surface area contributed by atoms with Crippen molar-refractivity contribution in [1.82, 2.24) is 4.98 Å². The van der Waals surface area contributed by atoms with Crippen molar-refractivity contribution in [3.05, 3.63) is 68.8 Å². The molecule has 0 amide bonds. The number of benzene rings is 2. The highest BCUT2D eigenvalue weighted by Gasteiger charge is 2.72. The van der Waals surface area contributed by atoms with Gasteiger partial charge in [0.1, 0.15) is 0 Å². The van der Waals surface area contributed by atoms with Crippen molar-refractivity contribution in [2.75, 3.05) is 0 Å². The van der Waals surface area contributed by atoms with Crippen LogP contribution < -0.4 is 0 Å². The first-order valence-electron chi connectivity index (χ1n) is 7.96. The highest BCUT2D eigenvalue weighted by atomic mass is 79.9. The summed E-state index contributed by atoms with van der Waals surface area (Å²) in [6.45, 7) is 0. The largest absolute Gasteiger partial charge is 0.430 e. The first kappa shape index (κ1) is 21.7. The summed E-state index contributed by atoms with van der Waals surface area (Å²) in [6.07, 6.45) is -9.64. The fourth-order valence-corrected chi connectivity index (χ4v) is 3.39. The Morgan fingerprint density at radius 1 is 0.897 bits per heavy atom. The zero-order valence-electron chi connectivity index (χ0n) is 14.2. The van der Waals surface area contributed by atoms with Crippen LogP contribution in [0.4, 0.5) is 26.3 Å². The number of rotatable bonds is 3. The molecule has 2 nitrogen and oxygen atoms in total. The number of nitrogens with one attached hydrogen (secondary N) is 1. The van der Waals surface area contributed by atoms with E-state index in [1.165, 1.54) is 42.5 Å². The molecule has 0 bridgehead atoms. The molecule has 0 radical (unpaired) electrons. The standard InChI is InChI=1S/C19H11BrClF6NO/c20-11-4-7-13-15(9-11)28-14(8-3-10-1-5-12(21)6-2-10)16(13)17(29,18(22,23)24)19(25,26)27/h1-9,28-29H/b8-3+. The molecule has 29 heavy (non-hydrogen) atoms. The van der Waals surface area contributed by atoms with Gasteiger partial charge in [-0.05, 0) is 35.9 Å². The Hall–Kier alpha value is -1.97. The maximum atomic E-state index is 13.5. The van der Waals surface area contributed by atoms with Crippen LogP contribution >= 0.6 is 27.5 Å². The molecule has 154 valence electrons. The zero-order valence-corrected chi connectivity index (χ0v) is 16.5. The van der Waals surface area contributed by atoms with Gasteiger partial charge in [0.2, 0.25) is 0 Å². The molecule has 3 aromatic rings. The molecule has 3 rings (SSSR count). The lowest BCUT2D eigenvalue weighted by atomic mass is 9.89. The first-order valence-corrected chi connectivity index (χ1v) is 9.13. The van der Waals surface area contributed by atoms with Gasteiger partial charge in [0.15, 0.2) is 0 Å². The summed E-state index contributed by atoms with van der Waals surface area (Å²) in [5.74, 6) is 0. The van der Waals surface area contributed by atoms with Crippen LogP contribution in [-0.2, 0) is 5.60 Å². The third kappa shape index (κ3) is 3.91. The van der Waals surface area contributed by atoms with Crippen molar-refractivity contribution < 1.29 is 31.4 Å². The van der Waals surface area contributed by atoms with Gasteiger partial charge < -0.3 is 10.1 Å². The number of aromatic nitrogens is 1. The molecule has 2 aromatic carbocycles. The highest BCUT2D eigenvalue weighted by Crippen LogP contribution is 2.53. The van der Waals surface area contributed by atoms with E-state index in [0.717, 1.165) is 12.1 Å². The third-order valence-corrected chi connectivity index (χ3v) is 5.03. The van der Waals surface area contributed by atoms with Gasteiger partial charge in [-0.1, -0.05) is 51.8 Å². The normalized spacial score (nSPS) is 13.6. The molecule has 0 aliphatic heterocycles. The van der Waals surface area contributed by atoms with Crippen molar-refractivity contribution in [3.8, 4) is 0 Å². The quantitative estimate of drug-likeness (QED) is 0.373. The maximum absolute atomic E-state index is 13.5. The predicted molar refractivity (Wildman–Crippen MR) is 102 cm³/mol. The first-order chi connectivity index (χ1) is 13.3. The summed E-state index contributed by atoms with van der Waals surface area (Å²) in [5, 5.41) is 10.0. The molecule has 0 atom stereocenters. The Labute approximate surface area is 173 Å². The van der Waals surface area contributed by atoms with Crippen molar-refractivity contribution >= 4 is 50.6 Å². The fraction of sp³-hybridized carbons (Fsp3) is 0.158. The van der Waals surface area contributed by atoms with E-state index in [2.05, 4.69) is 20.9 Å². The lowest BCUT2D eigenvalue weighted by Crippen LogP contribution is -2.54. The minimum Gasteiger partial charge on any atom is -0.369 e. The number of aliphatic hydroxyl groups is 1. The monoisotopic (exact) mass is 497 g/mol. The van der Waals surface area contributed by atoms with Crippen LogP contribution in [0.2, 0.25) is 5.02 Å². The summed E-state index contributed by atoms with van der Waals surface area (Å²) in [4.78, 5) is 2.53. The van der Waals surface area contributed by atoms with Crippen LogP contribution in [0, 0.1) is 0 Å². The second-order valence-corrected chi connectivity index (χ2v) is 7.55. The van der Waals surface area contributed by atoms with Crippen molar-refractivity contribution in [1.29, 1.82) is 0 Å². The molecule has 0 saturated heterocycles. The summed E-state index contributed by atoms with van der Waals surface area (Å²) in [5.41, 5.74) is -6.42. The van der Waals surface area contributed by atoms with E-state index in [-0.39, 0.29) is 5.52 Å². The van der Waals surface area contributed by atoms with Crippen LogP contribution in [0.15, 0.2) is 46.9 Å². The molecule has 0 fully saturated rings. The molecule has 10 heteroatoms. The third-order valence-electron chi connectivity index (χ3n) is 4.28. The van der Waals surface area contributed by atoms with Gasteiger partial charge in [-0.25, -0.2) is 0 Å². The zero-order chi connectivity index (χ0) is 21.6. The topological polar surface area (TPSA) is 36.0 Å². The number of alkyl halides is 6. The number of hydrogen-bond acceptors (Lipinski definition) is 1. The lowest BCUT2D eigenvalue weighted by molar-refractivity contribution is -0.375. The Morgan fingerprint density at radius 3 is 2.03 bits per heavy atom. The Kier molecular flexibility index (Phi) is 5.53. The van der Waals surface area contributed by atoms with Crippen molar-refractivity contribution in [2.24, 2.45) is 0 Å². The van der Waals surface area contributed by atoms with Gasteiger partial charge in [0.05, 0.1) is 0 Å². The van der Waals surface area contributed by atoms with Crippen LogP contribution in [0.3, 0.4) is 0 Å². The average Bonchev–Trinajstić information content (AvgIpc) is 2.96. The number of aromatic amines is 1. The average molecular weight is 499 g/mol. The number of halogens is 8. The summed E-state index contributed by atoms with van der Waals surface area (Å²) in [6, 6.07) is 9.81. The van der Waals surface area contributed by atoms with E-state index in [0.29, 0.717) is 15.1 Å². The Bertz CT molecular complexity index is 1060. The minimum absolute atomic E-state index is 0.00273. The van der Waals surface area contributed by atoms with E-state index in [4.69, 9.17) is 11.6 Å². The van der Waals surface area contributed by atoms with Gasteiger partial charge in [0, 0.05) is 31.7 Å². The van der Waals surface area contributed by atoms with E-state index in [9.17, 15) is 31.4 Å². The van der Waals surface area contributed by atoms with E-state index < -0.39 is 34.6 Å². The number of H-pyrrole nitrogens is 1. The predicted octanol–water partition coefficient (Wildman–Crippen LogP) is 7.07. The Morgan fingerprint density at radius 2 is 1.48 bits per heavy atom. The van der Waals surface area contributed by atoms with E-state index >= 15 is 0 Å². The molecule has 0 saturated carbocycles. The van der Waals surface area contributed by atoms with Crippen molar-refractivity contribution in [2.45, 2.75) is 18.0 Å². The van der Waals surface area contributed by atoms with E-state index in [1.54, 1.807) is 0 Å². The van der Waals surface area contributed by atoms with E-state index in [1.807, 2.05) is 0 Å². The van der Waals surface area contributed by atoms with Crippen LogP contribution in [-0.4, -0.2) is 22.4 Å². The van der Waals surface area contributed by atoms with Gasteiger partial charge in [-0.3, -0.25) is 0 Å². The van der Waals surface area contributed by atoms with Gasteiger partial charge in [-0.2, -0.15) is 26.3 Å². The summed E-state index contributed by atoms with van der Waals surface area (Å²) >= 11 is 8.89. The van der Waals surface area contributed by atoms with Crippen LogP contribution in [0.5, 0.6) is 0 Å². The molecule has 2 N–H and O–H groups in total. The molecular formula is C19H11BrClF6NO. The molecule has 0 aliphatic rings. The highest BCUT2D eigenvalue weighted by molar-refractivity contribution is 9.10.